The van der Waals surface area contributed by atoms with Crippen molar-refractivity contribution in [2.24, 2.45) is 11.7 Å². The Labute approximate surface area is 127 Å². The van der Waals surface area contributed by atoms with Crippen molar-refractivity contribution in [3.63, 3.8) is 0 Å². The second-order valence-corrected chi connectivity index (χ2v) is 6.76. The molecule has 0 radical (unpaired) electrons. The van der Waals surface area contributed by atoms with Crippen LogP contribution in [0.5, 0.6) is 0 Å². The number of carbonyl (C=O) groups excluding carboxylic acids is 1. The van der Waals surface area contributed by atoms with Crippen LogP contribution in [-0.4, -0.2) is 25.2 Å². The molecule has 0 aliphatic carbocycles. The Morgan fingerprint density at radius 1 is 1.29 bits per heavy atom. The minimum atomic E-state index is -0.470. The molecular formula is C17H26N2O2. The van der Waals surface area contributed by atoms with Gasteiger partial charge < -0.3 is 15.8 Å². The van der Waals surface area contributed by atoms with Gasteiger partial charge in [-0.05, 0) is 35.8 Å². The van der Waals surface area contributed by atoms with Gasteiger partial charge in [0.2, 0.25) is 5.91 Å². The highest BCUT2D eigenvalue weighted by Crippen LogP contribution is 2.29. The molecular weight excluding hydrogens is 264 g/mol. The van der Waals surface area contributed by atoms with Gasteiger partial charge in [-0.25, -0.2) is 0 Å². The molecule has 0 spiro atoms. The Bertz CT molecular complexity index is 488. The molecule has 4 heteroatoms. The van der Waals surface area contributed by atoms with Crippen LogP contribution in [0.25, 0.3) is 0 Å². The van der Waals surface area contributed by atoms with Crippen molar-refractivity contribution in [1.82, 2.24) is 0 Å². The summed E-state index contributed by atoms with van der Waals surface area (Å²) in [5.74, 6) is 0.110. The number of amides is 1. The first kappa shape index (κ1) is 16.0. The average Bonchev–Trinajstić information content (AvgIpc) is 2.47. The second-order valence-electron chi connectivity index (χ2n) is 6.76. The number of anilines is 1. The van der Waals surface area contributed by atoms with E-state index >= 15 is 0 Å². The van der Waals surface area contributed by atoms with E-state index in [4.69, 9.17) is 10.5 Å². The fraction of sp³-hybridized carbons (Fsp3) is 0.588. The number of para-hydroxylation sites is 1. The standard InChI is InChI=1S/C17H26N2O2/c1-17(2,3)13-6-4-5-7-14(13)19-16(20)15(18)12-8-10-21-11-9-12/h4-7,12,15H,8-11,18H2,1-3H3,(H,19,20). The maximum Gasteiger partial charge on any atom is 0.241 e. The van der Waals surface area contributed by atoms with E-state index in [1.165, 1.54) is 0 Å². The first-order chi connectivity index (χ1) is 9.89. The Balaban J connectivity index is 2.09. The minimum absolute atomic E-state index is 0.0212. The smallest absolute Gasteiger partial charge is 0.241 e. The summed E-state index contributed by atoms with van der Waals surface area (Å²) in [5.41, 5.74) is 8.09. The topological polar surface area (TPSA) is 64.4 Å². The number of hydrogen-bond donors (Lipinski definition) is 2. The highest BCUT2D eigenvalue weighted by Gasteiger charge is 2.27. The van der Waals surface area contributed by atoms with Gasteiger partial charge >= 0.3 is 0 Å². The largest absolute Gasteiger partial charge is 0.381 e. The van der Waals surface area contributed by atoms with Crippen LogP contribution in [0.2, 0.25) is 0 Å². The third kappa shape index (κ3) is 4.05. The first-order valence-electron chi connectivity index (χ1n) is 7.63. The minimum Gasteiger partial charge on any atom is -0.381 e. The lowest BCUT2D eigenvalue weighted by atomic mass is 9.85. The van der Waals surface area contributed by atoms with E-state index in [9.17, 15) is 4.79 Å². The van der Waals surface area contributed by atoms with Crippen LogP contribution in [0.4, 0.5) is 5.69 Å². The fourth-order valence-electron chi connectivity index (χ4n) is 2.75. The van der Waals surface area contributed by atoms with Crippen molar-refractivity contribution >= 4 is 11.6 Å². The van der Waals surface area contributed by atoms with Gasteiger partial charge in [0.1, 0.15) is 0 Å². The summed E-state index contributed by atoms with van der Waals surface area (Å²) in [4.78, 5) is 12.4. The molecule has 1 unspecified atom stereocenters. The Morgan fingerprint density at radius 3 is 2.52 bits per heavy atom. The van der Waals surface area contributed by atoms with Crippen LogP contribution < -0.4 is 11.1 Å². The molecule has 1 aromatic rings. The van der Waals surface area contributed by atoms with Crippen LogP contribution in [-0.2, 0) is 14.9 Å². The molecule has 1 fully saturated rings. The maximum atomic E-state index is 12.4. The molecule has 1 amide bonds. The molecule has 3 N–H and O–H groups in total. The van der Waals surface area contributed by atoms with E-state index in [1.54, 1.807) is 0 Å². The van der Waals surface area contributed by atoms with E-state index in [1.807, 2.05) is 18.2 Å². The Hall–Kier alpha value is -1.39. The summed E-state index contributed by atoms with van der Waals surface area (Å²) in [6.07, 6.45) is 1.71. The lowest BCUT2D eigenvalue weighted by Gasteiger charge is -2.28. The highest BCUT2D eigenvalue weighted by molar-refractivity contribution is 5.95. The van der Waals surface area contributed by atoms with Gasteiger partial charge in [-0.15, -0.1) is 0 Å². The molecule has 21 heavy (non-hydrogen) atoms. The molecule has 4 nitrogen and oxygen atoms in total. The molecule has 0 saturated carbocycles. The van der Waals surface area contributed by atoms with Crippen LogP contribution >= 0.6 is 0 Å². The lowest BCUT2D eigenvalue weighted by molar-refractivity contribution is -0.119. The number of rotatable bonds is 3. The van der Waals surface area contributed by atoms with E-state index in [0.29, 0.717) is 13.2 Å². The maximum absolute atomic E-state index is 12.4. The van der Waals surface area contributed by atoms with E-state index in [2.05, 4.69) is 32.2 Å². The summed E-state index contributed by atoms with van der Waals surface area (Å²) >= 11 is 0. The van der Waals surface area contributed by atoms with Crippen LogP contribution in [0.1, 0.15) is 39.2 Å². The molecule has 1 aliphatic heterocycles. The van der Waals surface area contributed by atoms with Crippen molar-refractivity contribution in [2.45, 2.75) is 45.1 Å². The number of ether oxygens (including phenoxy) is 1. The summed E-state index contributed by atoms with van der Waals surface area (Å²) in [7, 11) is 0. The van der Waals surface area contributed by atoms with Gasteiger partial charge in [-0.1, -0.05) is 39.0 Å². The zero-order valence-corrected chi connectivity index (χ0v) is 13.2. The van der Waals surface area contributed by atoms with Crippen LogP contribution in [0.15, 0.2) is 24.3 Å². The summed E-state index contributed by atoms with van der Waals surface area (Å²) in [6.45, 7) is 7.80. The SMILES string of the molecule is CC(C)(C)c1ccccc1NC(=O)C(N)C1CCOCC1. The predicted molar refractivity (Wildman–Crippen MR) is 85.3 cm³/mol. The van der Waals surface area contributed by atoms with Crippen LogP contribution in [0, 0.1) is 5.92 Å². The quantitative estimate of drug-likeness (QED) is 0.899. The number of hydrogen-bond acceptors (Lipinski definition) is 3. The van der Waals surface area contributed by atoms with Gasteiger partial charge in [0.25, 0.3) is 0 Å². The monoisotopic (exact) mass is 290 g/mol. The van der Waals surface area contributed by atoms with Gasteiger partial charge in [0.05, 0.1) is 6.04 Å². The number of benzene rings is 1. The zero-order valence-electron chi connectivity index (χ0n) is 13.2. The normalized spacial score (nSPS) is 18.3. The van der Waals surface area contributed by atoms with Crippen molar-refractivity contribution in [3.8, 4) is 0 Å². The second kappa shape index (κ2) is 6.58. The summed E-state index contributed by atoms with van der Waals surface area (Å²) < 4.78 is 5.32. The molecule has 1 aromatic carbocycles. The molecule has 2 rings (SSSR count). The molecule has 1 aliphatic rings. The zero-order chi connectivity index (χ0) is 15.5. The average molecular weight is 290 g/mol. The van der Waals surface area contributed by atoms with Gasteiger partial charge in [-0.2, -0.15) is 0 Å². The van der Waals surface area contributed by atoms with E-state index < -0.39 is 6.04 Å². The predicted octanol–water partition coefficient (Wildman–Crippen LogP) is 2.68. The molecule has 0 aromatic heterocycles. The number of nitrogens with two attached hydrogens (primary N) is 1. The van der Waals surface area contributed by atoms with Crippen molar-refractivity contribution in [3.05, 3.63) is 29.8 Å². The lowest BCUT2D eigenvalue weighted by Crippen LogP contribution is -2.44. The van der Waals surface area contributed by atoms with Gasteiger partial charge in [0, 0.05) is 18.9 Å². The van der Waals surface area contributed by atoms with Crippen molar-refractivity contribution in [1.29, 1.82) is 0 Å². The Kier molecular flexibility index (Phi) is 5.01. The highest BCUT2D eigenvalue weighted by atomic mass is 16.5. The third-order valence-corrected chi connectivity index (χ3v) is 4.07. The Morgan fingerprint density at radius 2 is 1.90 bits per heavy atom. The first-order valence-corrected chi connectivity index (χ1v) is 7.63. The number of carbonyl (C=O) groups is 1. The number of nitrogens with one attached hydrogen (secondary N) is 1. The van der Waals surface area contributed by atoms with E-state index in [-0.39, 0.29) is 17.2 Å². The fourth-order valence-corrected chi connectivity index (χ4v) is 2.75. The van der Waals surface area contributed by atoms with Gasteiger partial charge in [-0.3, -0.25) is 4.79 Å². The molecule has 0 bridgehead atoms. The molecule has 116 valence electrons. The van der Waals surface area contributed by atoms with E-state index in [0.717, 1.165) is 24.1 Å². The summed E-state index contributed by atoms with van der Waals surface area (Å²) in [6, 6.07) is 7.45. The molecule has 1 atom stereocenters. The van der Waals surface area contributed by atoms with Crippen molar-refractivity contribution < 1.29 is 9.53 Å². The molecule has 1 heterocycles. The third-order valence-electron chi connectivity index (χ3n) is 4.07. The van der Waals surface area contributed by atoms with Crippen molar-refractivity contribution in [2.75, 3.05) is 18.5 Å². The molecule has 1 saturated heterocycles. The summed E-state index contributed by atoms with van der Waals surface area (Å²) in [5, 5.41) is 3.01. The van der Waals surface area contributed by atoms with Crippen LogP contribution in [0.3, 0.4) is 0 Å². The van der Waals surface area contributed by atoms with Gasteiger partial charge in [0.15, 0.2) is 0 Å².